The van der Waals surface area contributed by atoms with Crippen molar-refractivity contribution in [3.63, 3.8) is 0 Å². The molecule has 1 atom stereocenters. The van der Waals surface area contributed by atoms with Crippen LogP contribution in [0.2, 0.25) is 5.02 Å². The number of rotatable bonds is 5. The summed E-state index contributed by atoms with van der Waals surface area (Å²) in [7, 11) is 0. The van der Waals surface area contributed by atoms with Crippen molar-refractivity contribution in [2.24, 2.45) is 5.92 Å². The number of nitrogens with one attached hydrogen (secondary N) is 2. The summed E-state index contributed by atoms with van der Waals surface area (Å²) in [6, 6.07) is 15.1. The molecule has 0 fully saturated rings. The fourth-order valence-corrected chi connectivity index (χ4v) is 3.75. The van der Waals surface area contributed by atoms with Gasteiger partial charge in [-0.1, -0.05) is 35.9 Å². The Labute approximate surface area is 168 Å². The topological polar surface area (TPSA) is 58.2 Å². The molecule has 0 saturated heterocycles. The van der Waals surface area contributed by atoms with Crippen molar-refractivity contribution in [2.45, 2.75) is 29.9 Å². The van der Waals surface area contributed by atoms with Gasteiger partial charge in [-0.3, -0.25) is 20.4 Å². The summed E-state index contributed by atoms with van der Waals surface area (Å²) in [6.45, 7) is 0. The number of hydrogen-bond acceptors (Lipinski definition) is 3. The van der Waals surface area contributed by atoms with Gasteiger partial charge < -0.3 is 0 Å². The van der Waals surface area contributed by atoms with E-state index < -0.39 is 0 Å². The zero-order chi connectivity index (χ0) is 19.1. The molecule has 2 amide bonds. The summed E-state index contributed by atoms with van der Waals surface area (Å²) in [5, 5.41) is 0.724. The highest BCUT2D eigenvalue weighted by Gasteiger charge is 2.19. The predicted octanol–water partition coefficient (Wildman–Crippen LogP) is 4.75. The van der Waals surface area contributed by atoms with E-state index in [4.69, 9.17) is 11.6 Å². The zero-order valence-corrected chi connectivity index (χ0v) is 16.4. The molecule has 0 heterocycles. The van der Waals surface area contributed by atoms with Crippen LogP contribution < -0.4 is 10.9 Å². The zero-order valence-electron chi connectivity index (χ0n) is 14.8. The van der Waals surface area contributed by atoms with E-state index in [1.807, 2.05) is 42.5 Å². The van der Waals surface area contributed by atoms with Gasteiger partial charge in [0.1, 0.15) is 0 Å². The minimum Gasteiger partial charge on any atom is -0.273 e. The van der Waals surface area contributed by atoms with Crippen LogP contribution in [0, 0.1) is 5.92 Å². The van der Waals surface area contributed by atoms with Crippen LogP contribution in [0.15, 0.2) is 65.6 Å². The number of benzene rings is 2. The van der Waals surface area contributed by atoms with E-state index in [-0.39, 0.29) is 17.7 Å². The van der Waals surface area contributed by atoms with Crippen molar-refractivity contribution in [1.29, 1.82) is 0 Å². The lowest BCUT2D eigenvalue weighted by atomic mass is 9.94. The lowest BCUT2D eigenvalue weighted by Crippen LogP contribution is -2.44. The Morgan fingerprint density at radius 2 is 1.74 bits per heavy atom. The molecular formula is C21H21ClN2O2S. The molecule has 2 aromatic rings. The highest BCUT2D eigenvalue weighted by atomic mass is 35.5. The summed E-state index contributed by atoms with van der Waals surface area (Å²) in [6.07, 6.45) is 6.53. The molecule has 27 heavy (non-hydrogen) atoms. The Kier molecular flexibility index (Phi) is 6.96. The Morgan fingerprint density at radius 1 is 1.00 bits per heavy atom. The van der Waals surface area contributed by atoms with Gasteiger partial charge in [-0.25, -0.2) is 0 Å². The minimum atomic E-state index is -0.313. The van der Waals surface area contributed by atoms with Gasteiger partial charge in [-0.2, -0.15) is 0 Å². The molecule has 1 aliphatic rings. The largest absolute Gasteiger partial charge is 0.273 e. The van der Waals surface area contributed by atoms with Crippen molar-refractivity contribution >= 4 is 35.2 Å². The number of allylic oxidation sites excluding steroid dienone is 2. The highest BCUT2D eigenvalue weighted by molar-refractivity contribution is 7.98. The number of carbonyl (C=O) groups excluding carboxylic acids is 2. The average Bonchev–Trinajstić information content (AvgIpc) is 2.72. The van der Waals surface area contributed by atoms with Crippen LogP contribution in [-0.4, -0.2) is 11.8 Å². The number of hydrazine groups is 1. The lowest BCUT2D eigenvalue weighted by Gasteiger charge is -2.17. The molecule has 0 bridgehead atoms. The molecule has 4 nitrogen and oxygen atoms in total. The molecule has 6 heteroatoms. The number of carbonyl (C=O) groups is 2. The van der Waals surface area contributed by atoms with E-state index in [2.05, 4.69) is 16.9 Å². The Morgan fingerprint density at radius 3 is 2.41 bits per heavy atom. The maximum atomic E-state index is 12.2. The lowest BCUT2D eigenvalue weighted by molar-refractivity contribution is -0.126. The summed E-state index contributed by atoms with van der Waals surface area (Å²) < 4.78 is 0. The molecule has 0 aromatic heterocycles. The summed E-state index contributed by atoms with van der Waals surface area (Å²) in [5.41, 5.74) is 6.66. The van der Waals surface area contributed by atoms with Gasteiger partial charge in [-0.05, 0) is 61.2 Å². The van der Waals surface area contributed by atoms with E-state index in [9.17, 15) is 9.59 Å². The van der Waals surface area contributed by atoms with E-state index >= 15 is 0 Å². The fourth-order valence-electron chi connectivity index (χ4n) is 2.77. The minimum absolute atomic E-state index is 0.0671. The first-order valence-electron chi connectivity index (χ1n) is 8.84. The van der Waals surface area contributed by atoms with Gasteiger partial charge in [0.15, 0.2) is 0 Å². The van der Waals surface area contributed by atoms with Crippen molar-refractivity contribution in [3.8, 4) is 0 Å². The smallest absolute Gasteiger partial charge is 0.269 e. The van der Waals surface area contributed by atoms with Crippen LogP contribution in [0.4, 0.5) is 0 Å². The summed E-state index contributed by atoms with van der Waals surface area (Å²) in [4.78, 5) is 25.4. The van der Waals surface area contributed by atoms with Gasteiger partial charge in [0.25, 0.3) is 5.91 Å². The average molecular weight is 401 g/mol. The molecule has 3 rings (SSSR count). The van der Waals surface area contributed by atoms with Crippen molar-refractivity contribution in [1.82, 2.24) is 10.9 Å². The number of thioether (sulfide) groups is 1. The van der Waals surface area contributed by atoms with Crippen LogP contribution in [0.5, 0.6) is 0 Å². The van der Waals surface area contributed by atoms with E-state index in [1.54, 1.807) is 23.9 Å². The van der Waals surface area contributed by atoms with E-state index in [0.29, 0.717) is 5.56 Å². The van der Waals surface area contributed by atoms with Gasteiger partial charge in [0.05, 0.1) is 0 Å². The van der Waals surface area contributed by atoms with Crippen LogP contribution in [-0.2, 0) is 10.5 Å². The summed E-state index contributed by atoms with van der Waals surface area (Å²) in [5.74, 6) is 0.285. The third kappa shape index (κ3) is 5.88. The van der Waals surface area contributed by atoms with Crippen molar-refractivity contribution in [2.75, 3.05) is 0 Å². The first-order valence-corrected chi connectivity index (χ1v) is 10.2. The van der Waals surface area contributed by atoms with Crippen LogP contribution >= 0.6 is 23.4 Å². The Hall–Kier alpha value is -2.24. The molecule has 140 valence electrons. The van der Waals surface area contributed by atoms with E-state index in [0.717, 1.165) is 40.5 Å². The second-order valence-corrected chi connectivity index (χ2v) is 7.85. The fraction of sp³-hybridized carbons (Fsp3) is 0.238. The molecule has 2 aromatic carbocycles. The SMILES string of the molecule is O=C(NNC(=O)C1CC=CCC1)c1ccc(CSc2ccc(Cl)cc2)cc1. The number of hydrogen-bond donors (Lipinski definition) is 2. The number of halogens is 1. The maximum Gasteiger partial charge on any atom is 0.269 e. The predicted molar refractivity (Wildman–Crippen MR) is 110 cm³/mol. The normalized spacial score (nSPS) is 16.0. The standard InChI is InChI=1S/C21H21ClN2O2S/c22-18-10-12-19(13-11-18)27-14-15-6-8-17(9-7-15)21(26)24-23-20(25)16-4-2-1-3-5-16/h1-2,6-13,16H,3-5,14H2,(H,23,25)(H,24,26). The summed E-state index contributed by atoms with van der Waals surface area (Å²) >= 11 is 7.59. The van der Waals surface area contributed by atoms with Crippen LogP contribution in [0.25, 0.3) is 0 Å². The number of amides is 2. The van der Waals surface area contributed by atoms with Crippen molar-refractivity contribution < 1.29 is 9.59 Å². The third-order valence-electron chi connectivity index (χ3n) is 4.37. The second-order valence-electron chi connectivity index (χ2n) is 6.36. The Bertz CT molecular complexity index is 819. The molecular weight excluding hydrogens is 380 g/mol. The van der Waals surface area contributed by atoms with Gasteiger partial charge in [-0.15, -0.1) is 11.8 Å². The van der Waals surface area contributed by atoms with Gasteiger partial charge >= 0.3 is 0 Å². The Balaban J connectivity index is 1.47. The quantitative estimate of drug-likeness (QED) is 0.432. The van der Waals surface area contributed by atoms with Gasteiger partial charge in [0, 0.05) is 27.2 Å². The van der Waals surface area contributed by atoms with Crippen LogP contribution in [0.1, 0.15) is 35.2 Å². The maximum absolute atomic E-state index is 12.2. The third-order valence-corrected chi connectivity index (χ3v) is 5.71. The first kappa shape index (κ1) is 19.5. The monoisotopic (exact) mass is 400 g/mol. The van der Waals surface area contributed by atoms with Crippen molar-refractivity contribution in [3.05, 3.63) is 76.8 Å². The van der Waals surface area contributed by atoms with E-state index in [1.165, 1.54) is 0 Å². The van der Waals surface area contributed by atoms with Gasteiger partial charge in [0.2, 0.25) is 5.91 Å². The molecule has 2 N–H and O–H groups in total. The highest BCUT2D eigenvalue weighted by Crippen LogP contribution is 2.24. The molecule has 0 saturated carbocycles. The van der Waals surface area contributed by atoms with Crippen LogP contribution in [0.3, 0.4) is 0 Å². The molecule has 1 aliphatic carbocycles. The molecule has 0 aliphatic heterocycles. The molecule has 0 radical (unpaired) electrons. The molecule has 0 spiro atoms. The second kappa shape index (κ2) is 9.62. The first-order chi connectivity index (χ1) is 13.1. The molecule has 1 unspecified atom stereocenters.